The zero-order valence-electron chi connectivity index (χ0n) is 16.6. The van der Waals surface area contributed by atoms with Gasteiger partial charge in [-0.2, -0.15) is 0 Å². The summed E-state index contributed by atoms with van der Waals surface area (Å²) in [6, 6.07) is 13.9. The van der Waals surface area contributed by atoms with Gasteiger partial charge in [0, 0.05) is 37.6 Å². The largest absolute Gasteiger partial charge is 0.508 e. The van der Waals surface area contributed by atoms with E-state index in [9.17, 15) is 14.7 Å². The second-order valence-corrected chi connectivity index (χ2v) is 7.04. The highest BCUT2D eigenvalue weighted by Gasteiger charge is 2.19. The summed E-state index contributed by atoms with van der Waals surface area (Å²) in [6.07, 6.45) is 0.781. The minimum absolute atomic E-state index is 0.0793. The number of ether oxygens (including phenoxy) is 1. The SMILES string of the molecule is CCCOC(=O)c1ccc(NC(=O)CN2CCN(c3ccc(O)cc3)CC2)cc1. The van der Waals surface area contributed by atoms with Crippen molar-refractivity contribution in [2.75, 3.05) is 49.5 Å². The summed E-state index contributed by atoms with van der Waals surface area (Å²) >= 11 is 0. The lowest BCUT2D eigenvalue weighted by atomic mass is 10.2. The first-order valence-electron chi connectivity index (χ1n) is 9.88. The van der Waals surface area contributed by atoms with Gasteiger partial charge in [0.1, 0.15) is 5.75 Å². The van der Waals surface area contributed by atoms with Crippen molar-refractivity contribution in [2.24, 2.45) is 0 Å². The average Bonchev–Trinajstić information content (AvgIpc) is 2.73. The Labute approximate surface area is 170 Å². The smallest absolute Gasteiger partial charge is 0.338 e. The number of carbonyl (C=O) groups excluding carboxylic acids is 2. The molecule has 1 heterocycles. The van der Waals surface area contributed by atoms with Gasteiger partial charge < -0.3 is 20.1 Å². The van der Waals surface area contributed by atoms with E-state index >= 15 is 0 Å². The molecule has 1 amide bonds. The number of nitrogens with zero attached hydrogens (tertiary/aromatic N) is 2. The number of phenols is 1. The lowest BCUT2D eigenvalue weighted by Crippen LogP contribution is -2.48. The van der Waals surface area contributed by atoms with Crippen LogP contribution in [0.2, 0.25) is 0 Å². The third-order valence-corrected chi connectivity index (χ3v) is 4.80. The van der Waals surface area contributed by atoms with Crippen LogP contribution in [0.15, 0.2) is 48.5 Å². The molecule has 0 aromatic heterocycles. The van der Waals surface area contributed by atoms with Gasteiger partial charge in [-0.05, 0) is 55.0 Å². The van der Waals surface area contributed by atoms with Crippen LogP contribution in [0.25, 0.3) is 0 Å². The fraction of sp³-hybridized carbons (Fsp3) is 0.364. The molecule has 2 N–H and O–H groups in total. The lowest BCUT2D eigenvalue weighted by Gasteiger charge is -2.35. The highest BCUT2D eigenvalue weighted by atomic mass is 16.5. The molecule has 0 radical (unpaired) electrons. The molecule has 2 aromatic carbocycles. The number of amides is 1. The van der Waals surface area contributed by atoms with Crippen LogP contribution in [-0.2, 0) is 9.53 Å². The predicted molar refractivity (Wildman–Crippen MR) is 112 cm³/mol. The first-order chi connectivity index (χ1) is 14.0. The van der Waals surface area contributed by atoms with Crippen LogP contribution < -0.4 is 10.2 Å². The molecule has 0 spiro atoms. The predicted octanol–water partition coefficient (Wildman–Crippen LogP) is 2.72. The molecule has 1 aliphatic heterocycles. The van der Waals surface area contributed by atoms with Crippen LogP contribution in [0.1, 0.15) is 23.7 Å². The van der Waals surface area contributed by atoms with Gasteiger partial charge in [0.2, 0.25) is 5.91 Å². The molecule has 0 saturated carbocycles. The molecule has 0 atom stereocenters. The van der Waals surface area contributed by atoms with E-state index in [-0.39, 0.29) is 17.6 Å². The minimum Gasteiger partial charge on any atom is -0.508 e. The molecule has 2 aromatic rings. The van der Waals surface area contributed by atoms with Crippen molar-refractivity contribution >= 4 is 23.3 Å². The van der Waals surface area contributed by atoms with Gasteiger partial charge in [0.15, 0.2) is 0 Å². The third-order valence-electron chi connectivity index (χ3n) is 4.80. The van der Waals surface area contributed by atoms with Crippen LogP contribution in [-0.4, -0.2) is 61.2 Å². The van der Waals surface area contributed by atoms with E-state index in [1.165, 1.54) is 0 Å². The van der Waals surface area contributed by atoms with Crippen molar-refractivity contribution in [1.29, 1.82) is 0 Å². The summed E-state index contributed by atoms with van der Waals surface area (Å²) in [4.78, 5) is 28.5. The van der Waals surface area contributed by atoms with Crippen molar-refractivity contribution in [3.05, 3.63) is 54.1 Å². The molecule has 29 heavy (non-hydrogen) atoms. The minimum atomic E-state index is -0.351. The van der Waals surface area contributed by atoms with Crippen molar-refractivity contribution in [3.63, 3.8) is 0 Å². The topological polar surface area (TPSA) is 82.1 Å². The van der Waals surface area contributed by atoms with Crippen molar-refractivity contribution < 1.29 is 19.4 Å². The highest BCUT2D eigenvalue weighted by molar-refractivity contribution is 5.94. The number of rotatable bonds is 7. The second kappa shape index (κ2) is 9.93. The quantitative estimate of drug-likeness (QED) is 0.699. The Kier molecular flexibility index (Phi) is 7.08. The fourth-order valence-corrected chi connectivity index (χ4v) is 3.20. The maximum absolute atomic E-state index is 12.3. The normalized spacial score (nSPS) is 14.4. The molecule has 0 aliphatic carbocycles. The monoisotopic (exact) mass is 397 g/mol. The Hall–Kier alpha value is -3.06. The zero-order chi connectivity index (χ0) is 20.6. The van der Waals surface area contributed by atoms with Crippen molar-refractivity contribution in [3.8, 4) is 5.75 Å². The van der Waals surface area contributed by atoms with E-state index in [0.29, 0.717) is 24.4 Å². The average molecular weight is 397 g/mol. The number of hydrogen-bond acceptors (Lipinski definition) is 6. The summed E-state index contributed by atoms with van der Waals surface area (Å²) in [6.45, 7) is 5.90. The number of benzene rings is 2. The van der Waals surface area contributed by atoms with E-state index in [0.717, 1.165) is 38.3 Å². The molecule has 7 nitrogen and oxygen atoms in total. The molecular weight excluding hydrogens is 370 g/mol. The zero-order valence-corrected chi connectivity index (χ0v) is 16.6. The first kappa shape index (κ1) is 20.7. The summed E-state index contributed by atoms with van der Waals surface area (Å²) in [7, 11) is 0. The summed E-state index contributed by atoms with van der Waals surface area (Å²) < 4.78 is 5.10. The van der Waals surface area contributed by atoms with Gasteiger partial charge in [-0.25, -0.2) is 4.79 Å². The fourth-order valence-electron chi connectivity index (χ4n) is 3.20. The second-order valence-electron chi connectivity index (χ2n) is 7.04. The van der Waals surface area contributed by atoms with Crippen molar-refractivity contribution in [2.45, 2.75) is 13.3 Å². The van der Waals surface area contributed by atoms with E-state index in [1.54, 1.807) is 36.4 Å². The first-order valence-corrected chi connectivity index (χ1v) is 9.88. The molecule has 1 saturated heterocycles. The molecule has 1 fully saturated rings. The summed E-state index contributed by atoms with van der Waals surface area (Å²) in [5.74, 6) is -0.171. The summed E-state index contributed by atoms with van der Waals surface area (Å²) in [5.41, 5.74) is 2.20. The highest BCUT2D eigenvalue weighted by Crippen LogP contribution is 2.19. The van der Waals surface area contributed by atoms with E-state index in [2.05, 4.69) is 15.1 Å². The maximum atomic E-state index is 12.3. The van der Waals surface area contributed by atoms with E-state index < -0.39 is 0 Å². The molecule has 7 heteroatoms. The van der Waals surface area contributed by atoms with E-state index in [1.807, 2.05) is 19.1 Å². The number of anilines is 2. The van der Waals surface area contributed by atoms with Crippen LogP contribution in [0, 0.1) is 0 Å². The summed E-state index contributed by atoms with van der Waals surface area (Å²) in [5, 5.41) is 12.3. The lowest BCUT2D eigenvalue weighted by molar-refractivity contribution is -0.117. The third kappa shape index (κ3) is 5.96. The molecule has 0 bridgehead atoms. The number of hydrogen-bond donors (Lipinski definition) is 2. The van der Waals surface area contributed by atoms with Crippen LogP contribution in [0.5, 0.6) is 5.75 Å². The van der Waals surface area contributed by atoms with Crippen LogP contribution in [0.4, 0.5) is 11.4 Å². The number of esters is 1. The Morgan fingerprint density at radius 2 is 1.66 bits per heavy atom. The van der Waals surface area contributed by atoms with Gasteiger partial charge in [-0.3, -0.25) is 9.69 Å². The molecule has 154 valence electrons. The van der Waals surface area contributed by atoms with Gasteiger partial charge in [0.25, 0.3) is 0 Å². The molecule has 3 rings (SSSR count). The number of piperazine rings is 1. The Morgan fingerprint density at radius 1 is 1.00 bits per heavy atom. The standard InChI is InChI=1S/C22H27N3O4/c1-2-15-29-22(28)17-3-5-18(6-4-17)23-21(27)16-24-11-13-25(14-12-24)19-7-9-20(26)10-8-19/h3-10,26H,2,11-16H2,1H3,(H,23,27). The maximum Gasteiger partial charge on any atom is 0.338 e. The number of phenolic OH excluding ortho intramolecular Hbond substituents is 1. The number of nitrogens with one attached hydrogen (secondary N) is 1. The molecule has 1 aliphatic rings. The van der Waals surface area contributed by atoms with E-state index in [4.69, 9.17) is 4.74 Å². The molecular formula is C22H27N3O4. The number of aromatic hydroxyl groups is 1. The van der Waals surface area contributed by atoms with Gasteiger partial charge >= 0.3 is 5.97 Å². The van der Waals surface area contributed by atoms with Gasteiger partial charge in [0.05, 0.1) is 18.7 Å². The van der Waals surface area contributed by atoms with Gasteiger partial charge in [-0.15, -0.1) is 0 Å². The number of carbonyl (C=O) groups is 2. The van der Waals surface area contributed by atoms with Crippen LogP contribution in [0.3, 0.4) is 0 Å². The van der Waals surface area contributed by atoms with Crippen LogP contribution >= 0.6 is 0 Å². The molecule has 0 unspecified atom stereocenters. The van der Waals surface area contributed by atoms with Gasteiger partial charge in [-0.1, -0.05) is 6.92 Å². The Bertz CT molecular complexity index is 813. The Balaban J connectivity index is 1.44. The Morgan fingerprint density at radius 3 is 2.28 bits per heavy atom. The van der Waals surface area contributed by atoms with Crippen molar-refractivity contribution in [1.82, 2.24) is 4.90 Å².